The van der Waals surface area contributed by atoms with Crippen LogP contribution in [0.4, 0.5) is 0 Å². The van der Waals surface area contributed by atoms with Crippen LogP contribution in [0.1, 0.15) is 27.7 Å². The third kappa shape index (κ3) is 2.17. The monoisotopic (exact) mass is 158 g/mol. The van der Waals surface area contributed by atoms with Crippen molar-refractivity contribution in [2.45, 2.75) is 46.0 Å². The van der Waals surface area contributed by atoms with Crippen LogP contribution in [-0.4, -0.2) is 24.9 Å². The van der Waals surface area contributed by atoms with Crippen LogP contribution in [0.5, 0.6) is 0 Å². The lowest BCUT2D eigenvalue weighted by Gasteiger charge is -2.35. The van der Waals surface area contributed by atoms with Crippen molar-refractivity contribution in [3.63, 3.8) is 0 Å². The van der Waals surface area contributed by atoms with Gasteiger partial charge < -0.3 is 9.47 Å². The molecule has 0 amide bonds. The zero-order valence-electron chi connectivity index (χ0n) is 7.83. The van der Waals surface area contributed by atoms with Crippen molar-refractivity contribution in [1.29, 1.82) is 0 Å². The molecule has 0 aromatic heterocycles. The van der Waals surface area contributed by atoms with E-state index in [2.05, 4.69) is 20.8 Å². The van der Waals surface area contributed by atoms with Gasteiger partial charge in [-0.3, -0.25) is 0 Å². The number of rotatable bonds is 1. The molecule has 0 N–H and O–H groups in total. The summed E-state index contributed by atoms with van der Waals surface area (Å²) in [5.74, 6) is 0.553. The third-order valence-corrected chi connectivity index (χ3v) is 2.09. The summed E-state index contributed by atoms with van der Waals surface area (Å²) in [6, 6.07) is 0. The molecule has 11 heavy (non-hydrogen) atoms. The van der Waals surface area contributed by atoms with Crippen molar-refractivity contribution in [2.75, 3.05) is 6.61 Å². The SMILES string of the molecule is CC1COC(C(C)C)C(C)O1. The van der Waals surface area contributed by atoms with E-state index in [9.17, 15) is 0 Å². The zero-order valence-corrected chi connectivity index (χ0v) is 7.83. The second-order valence-electron chi connectivity index (χ2n) is 3.69. The van der Waals surface area contributed by atoms with Crippen LogP contribution < -0.4 is 0 Å². The highest BCUT2D eigenvalue weighted by atomic mass is 16.6. The van der Waals surface area contributed by atoms with Gasteiger partial charge in [0.05, 0.1) is 24.9 Å². The molecule has 1 aliphatic heterocycles. The van der Waals surface area contributed by atoms with Crippen LogP contribution in [-0.2, 0) is 9.47 Å². The van der Waals surface area contributed by atoms with Crippen molar-refractivity contribution in [2.24, 2.45) is 5.92 Å². The molecule has 0 saturated carbocycles. The largest absolute Gasteiger partial charge is 0.373 e. The Hall–Kier alpha value is -0.0800. The van der Waals surface area contributed by atoms with Gasteiger partial charge in [0, 0.05) is 0 Å². The highest BCUT2D eigenvalue weighted by Crippen LogP contribution is 2.20. The first-order valence-corrected chi connectivity index (χ1v) is 4.38. The molecule has 0 aromatic rings. The average Bonchev–Trinajstić information content (AvgIpc) is 1.85. The first-order valence-electron chi connectivity index (χ1n) is 4.38. The van der Waals surface area contributed by atoms with Crippen LogP contribution in [0.15, 0.2) is 0 Å². The summed E-state index contributed by atoms with van der Waals surface area (Å²) in [5, 5.41) is 0. The van der Waals surface area contributed by atoms with Gasteiger partial charge in [0.25, 0.3) is 0 Å². The van der Waals surface area contributed by atoms with E-state index in [4.69, 9.17) is 9.47 Å². The number of hydrogen-bond acceptors (Lipinski definition) is 2. The van der Waals surface area contributed by atoms with Crippen LogP contribution in [0.3, 0.4) is 0 Å². The maximum Gasteiger partial charge on any atom is 0.0858 e. The summed E-state index contributed by atoms with van der Waals surface area (Å²) >= 11 is 0. The molecule has 1 aliphatic rings. The van der Waals surface area contributed by atoms with Gasteiger partial charge in [-0.1, -0.05) is 13.8 Å². The normalized spacial score (nSPS) is 39.5. The van der Waals surface area contributed by atoms with E-state index in [1.165, 1.54) is 0 Å². The molecule has 1 rings (SSSR count). The minimum atomic E-state index is 0.249. The van der Waals surface area contributed by atoms with Gasteiger partial charge in [-0.15, -0.1) is 0 Å². The van der Waals surface area contributed by atoms with Crippen molar-refractivity contribution in [3.05, 3.63) is 0 Å². The van der Waals surface area contributed by atoms with Gasteiger partial charge >= 0.3 is 0 Å². The zero-order chi connectivity index (χ0) is 8.43. The molecule has 0 spiro atoms. The minimum Gasteiger partial charge on any atom is -0.373 e. The Bertz CT molecular complexity index is 123. The smallest absolute Gasteiger partial charge is 0.0858 e. The van der Waals surface area contributed by atoms with Crippen molar-refractivity contribution in [1.82, 2.24) is 0 Å². The van der Waals surface area contributed by atoms with Crippen LogP contribution >= 0.6 is 0 Å². The van der Waals surface area contributed by atoms with E-state index in [1.54, 1.807) is 0 Å². The second kappa shape index (κ2) is 3.55. The topological polar surface area (TPSA) is 18.5 Å². The summed E-state index contributed by atoms with van der Waals surface area (Å²) in [7, 11) is 0. The van der Waals surface area contributed by atoms with Gasteiger partial charge in [-0.25, -0.2) is 0 Å². The van der Waals surface area contributed by atoms with Crippen molar-refractivity contribution >= 4 is 0 Å². The number of hydrogen-bond donors (Lipinski definition) is 0. The summed E-state index contributed by atoms with van der Waals surface area (Å²) in [4.78, 5) is 0. The molecule has 0 radical (unpaired) electrons. The quantitative estimate of drug-likeness (QED) is 0.579. The van der Waals surface area contributed by atoms with Gasteiger partial charge in [0.15, 0.2) is 0 Å². The highest BCUT2D eigenvalue weighted by Gasteiger charge is 2.28. The lowest BCUT2D eigenvalue weighted by molar-refractivity contribution is -0.180. The Kier molecular flexibility index (Phi) is 2.90. The van der Waals surface area contributed by atoms with Gasteiger partial charge in [0.1, 0.15) is 0 Å². The molecule has 2 nitrogen and oxygen atoms in total. The maximum atomic E-state index is 5.64. The van der Waals surface area contributed by atoms with Gasteiger partial charge in [-0.05, 0) is 19.8 Å². The standard InChI is InChI=1S/C9H18O2/c1-6(2)9-8(4)11-7(3)5-10-9/h6-9H,5H2,1-4H3. The first-order chi connectivity index (χ1) is 5.11. The van der Waals surface area contributed by atoms with Gasteiger partial charge in [0.2, 0.25) is 0 Å². The molecule has 2 heteroatoms. The Morgan fingerprint density at radius 3 is 2.36 bits per heavy atom. The van der Waals surface area contributed by atoms with Gasteiger partial charge in [-0.2, -0.15) is 0 Å². The van der Waals surface area contributed by atoms with E-state index in [0.29, 0.717) is 5.92 Å². The molecule has 66 valence electrons. The molecular formula is C9H18O2. The molecule has 1 heterocycles. The molecule has 1 saturated heterocycles. The summed E-state index contributed by atoms with van der Waals surface area (Å²) < 4.78 is 11.3. The lowest BCUT2D eigenvalue weighted by atomic mass is 10.0. The fraction of sp³-hybridized carbons (Fsp3) is 1.00. The Morgan fingerprint density at radius 1 is 1.27 bits per heavy atom. The maximum absolute atomic E-state index is 5.64. The average molecular weight is 158 g/mol. The summed E-state index contributed by atoms with van der Waals surface area (Å²) in [6.45, 7) is 9.21. The van der Waals surface area contributed by atoms with E-state index < -0.39 is 0 Å². The molecule has 0 aliphatic carbocycles. The minimum absolute atomic E-state index is 0.249. The van der Waals surface area contributed by atoms with Crippen molar-refractivity contribution < 1.29 is 9.47 Å². The number of ether oxygens (including phenoxy) is 2. The molecule has 1 fully saturated rings. The summed E-state index contributed by atoms with van der Waals surface area (Å²) in [6.07, 6.45) is 0.796. The van der Waals surface area contributed by atoms with Crippen LogP contribution in [0.25, 0.3) is 0 Å². The predicted molar refractivity (Wildman–Crippen MR) is 44.6 cm³/mol. The van der Waals surface area contributed by atoms with E-state index in [0.717, 1.165) is 6.61 Å². The van der Waals surface area contributed by atoms with Crippen LogP contribution in [0, 0.1) is 5.92 Å². The molecule has 3 unspecified atom stereocenters. The fourth-order valence-corrected chi connectivity index (χ4v) is 1.60. The molecule has 0 aromatic carbocycles. The highest BCUT2D eigenvalue weighted by molar-refractivity contribution is 4.75. The Balaban J connectivity index is 2.44. The predicted octanol–water partition coefficient (Wildman–Crippen LogP) is 1.83. The molecular weight excluding hydrogens is 140 g/mol. The van der Waals surface area contributed by atoms with Crippen LogP contribution in [0.2, 0.25) is 0 Å². The second-order valence-corrected chi connectivity index (χ2v) is 3.69. The first kappa shape index (κ1) is 9.01. The third-order valence-electron chi connectivity index (χ3n) is 2.09. The van der Waals surface area contributed by atoms with E-state index >= 15 is 0 Å². The van der Waals surface area contributed by atoms with Crippen molar-refractivity contribution in [3.8, 4) is 0 Å². The van der Waals surface area contributed by atoms with E-state index in [-0.39, 0.29) is 18.3 Å². The summed E-state index contributed by atoms with van der Waals surface area (Å²) in [5.41, 5.74) is 0. The molecule has 3 atom stereocenters. The van der Waals surface area contributed by atoms with E-state index in [1.807, 2.05) is 6.92 Å². The molecule has 0 bridgehead atoms. The Labute approximate surface area is 68.9 Å². The lowest BCUT2D eigenvalue weighted by Crippen LogP contribution is -2.43. The Morgan fingerprint density at radius 2 is 1.91 bits per heavy atom. The fourth-order valence-electron chi connectivity index (χ4n) is 1.60.